The van der Waals surface area contributed by atoms with Crippen LogP contribution in [0.15, 0.2) is 48.8 Å². The number of alkyl halides is 3. The van der Waals surface area contributed by atoms with Gasteiger partial charge in [0.2, 0.25) is 11.8 Å². The Morgan fingerprint density at radius 2 is 1.44 bits per heavy atom. The predicted octanol–water partition coefficient (Wildman–Crippen LogP) is 3.17. The summed E-state index contributed by atoms with van der Waals surface area (Å²) in [6, 6.07) is 11.6. The van der Waals surface area contributed by atoms with Gasteiger partial charge in [-0.25, -0.2) is 10.3 Å². The van der Waals surface area contributed by atoms with Crippen LogP contribution in [0, 0.1) is 11.8 Å². The van der Waals surface area contributed by atoms with Crippen molar-refractivity contribution in [2.75, 3.05) is 5.32 Å². The number of anilines is 1. The maximum Gasteiger partial charge on any atom is 0.490 e. The Kier molecular flexibility index (Phi) is 8.71. The van der Waals surface area contributed by atoms with Gasteiger partial charge in [0.15, 0.2) is 0 Å². The largest absolute Gasteiger partial charge is 0.490 e. The highest BCUT2D eigenvalue weighted by atomic mass is 19.4. The zero-order valence-corrected chi connectivity index (χ0v) is 16.8. The number of carboxylic acid groups (broad SMARTS) is 1. The van der Waals surface area contributed by atoms with Gasteiger partial charge in [0, 0.05) is 24.0 Å². The molecule has 0 spiro atoms. The fourth-order valence-corrected chi connectivity index (χ4v) is 3.35. The molecule has 1 heterocycles. The summed E-state index contributed by atoms with van der Waals surface area (Å²) in [5, 5.41) is 18.8. The quantitative estimate of drug-likeness (QED) is 0.407. The third-order valence-corrected chi connectivity index (χ3v) is 4.92. The van der Waals surface area contributed by atoms with Gasteiger partial charge in [0.1, 0.15) is 0 Å². The molecule has 4 N–H and O–H groups in total. The van der Waals surface area contributed by atoms with Crippen LogP contribution in [-0.2, 0) is 20.8 Å². The number of nitrogens with one attached hydrogen (secondary N) is 2. The Balaban J connectivity index is 0.000000451. The van der Waals surface area contributed by atoms with Gasteiger partial charge in [0.25, 0.3) is 0 Å². The standard InChI is InChI=1S/C19H21N3O3.C2HF3O2/c23-18(16-2-1-3-17(16)19(24)22-25)21-15-6-4-13(5-7-15)12-14-8-10-20-11-9-14;3-2(4,5)1(6)7/h4-11,16-17,25H,1-3,12H2,(H,21,23)(H,22,24);(H,6,7)/t16-,17-;/m1./s1. The number of hydrogen-bond donors (Lipinski definition) is 4. The van der Waals surface area contributed by atoms with Gasteiger partial charge in [-0.3, -0.25) is 19.8 Å². The van der Waals surface area contributed by atoms with E-state index in [1.165, 1.54) is 5.56 Å². The Morgan fingerprint density at radius 3 is 1.94 bits per heavy atom. The molecule has 0 unspecified atom stereocenters. The number of carbonyl (C=O) groups is 3. The van der Waals surface area contributed by atoms with Crippen LogP contribution < -0.4 is 10.8 Å². The number of pyridine rings is 1. The third kappa shape index (κ3) is 7.34. The molecule has 2 amide bonds. The predicted molar refractivity (Wildman–Crippen MR) is 107 cm³/mol. The number of halogens is 3. The number of nitrogens with zero attached hydrogens (tertiary/aromatic N) is 1. The maximum absolute atomic E-state index is 12.4. The van der Waals surface area contributed by atoms with Crippen LogP contribution in [0.5, 0.6) is 0 Å². The van der Waals surface area contributed by atoms with Crippen molar-refractivity contribution < 1.29 is 37.9 Å². The second kappa shape index (κ2) is 11.2. The smallest absolute Gasteiger partial charge is 0.475 e. The van der Waals surface area contributed by atoms with Gasteiger partial charge in [-0.15, -0.1) is 0 Å². The van der Waals surface area contributed by atoms with E-state index in [0.29, 0.717) is 18.5 Å². The number of hydroxylamine groups is 1. The van der Waals surface area contributed by atoms with Gasteiger partial charge in [-0.1, -0.05) is 18.6 Å². The summed E-state index contributed by atoms with van der Waals surface area (Å²) >= 11 is 0. The average molecular weight is 453 g/mol. The van der Waals surface area contributed by atoms with E-state index in [0.717, 1.165) is 18.4 Å². The first-order chi connectivity index (χ1) is 15.1. The van der Waals surface area contributed by atoms with E-state index >= 15 is 0 Å². The summed E-state index contributed by atoms with van der Waals surface area (Å²) in [7, 11) is 0. The fraction of sp³-hybridized carbons (Fsp3) is 0.333. The maximum atomic E-state index is 12.4. The van der Waals surface area contributed by atoms with E-state index in [2.05, 4.69) is 10.3 Å². The van der Waals surface area contributed by atoms with Crippen molar-refractivity contribution in [2.45, 2.75) is 31.9 Å². The van der Waals surface area contributed by atoms with Gasteiger partial charge in [-0.2, -0.15) is 13.2 Å². The Morgan fingerprint density at radius 1 is 0.938 bits per heavy atom. The lowest BCUT2D eigenvalue weighted by Gasteiger charge is -2.17. The summed E-state index contributed by atoms with van der Waals surface area (Å²) in [5.41, 5.74) is 4.69. The molecule has 172 valence electrons. The molecule has 1 aromatic carbocycles. The average Bonchev–Trinajstić information content (AvgIpc) is 3.25. The molecule has 8 nitrogen and oxygen atoms in total. The molecule has 0 aliphatic heterocycles. The summed E-state index contributed by atoms with van der Waals surface area (Å²) in [5.74, 6) is -4.27. The van der Waals surface area contributed by atoms with Crippen LogP contribution in [0.4, 0.5) is 18.9 Å². The molecule has 2 aromatic rings. The number of aliphatic carboxylic acids is 1. The molecule has 0 radical (unpaired) electrons. The molecule has 3 rings (SSSR count). The Labute approximate surface area is 181 Å². The van der Waals surface area contributed by atoms with E-state index in [4.69, 9.17) is 15.1 Å². The number of benzene rings is 1. The van der Waals surface area contributed by atoms with Crippen molar-refractivity contribution in [3.63, 3.8) is 0 Å². The first-order valence-corrected chi connectivity index (χ1v) is 9.64. The number of rotatable bonds is 5. The van der Waals surface area contributed by atoms with Crippen molar-refractivity contribution >= 4 is 23.5 Å². The molecule has 1 aliphatic rings. The van der Waals surface area contributed by atoms with Crippen molar-refractivity contribution in [1.29, 1.82) is 0 Å². The molecule has 1 fully saturated rings. The molecular weight excluding hydrogens is 431 g/mol. The number of carboxylic acids is 1. The summed E-state index contributed by atoms with van der Waals surface area (Å²) in [4.78, 5) is 37.0. The van der Waals surface area contributed by atoms with Crippen LogP contribution in [0.1, 0.15) is 30.4 Å². The number of aromatic nitrogens is 1. The van der Waals surface area contributed by atoms with Crippen LogP contribution in [0.25, 0.3) is 0 Å². The van der Waals surface area contributed by atoms with Gasteiger partial charge < -0.3 is 10.4 Å². The molecule has 1 saturated carbocycles. The van der Waals surface area contributed by atoms with E-state index < -0.39 is 29.9 Å². The number of carbonyl (C=O) groups excluding carboxylic acids is 2. The van der Waals surface area contributed by atoms with Crippen LogP contribution >= 0.6 is 0 Å². The van der Waals surface area contributed by atoms with Gasteiger partial charge in [-0.05, 0) is 54.7 Å². The summed E-state index contributed by atoms with van der Waals surface area (Å²) in [6.45, 7) is 0. The molecule has 2 atom stereocenters. The van der Waals surface area contributed by atoms with E-state index in [9.17, 15) is 22.8 Å². The Hall–Kier alpha value is -3.47. The minimum absolute atomic E-state index is 0.173. The molecule has 0 bridgehead atoms. The highest BCUT2D eigenvalue weighted by molar-refractivity contribution is 5.96. The highest BCUT2D eigenvalue weighted by Crippen LogP contribution is 2.32. The van der Waals surface area contributed by atoms with Gasteiger partial charge in [0.05, 0.1) is 5.92 Å². The lowest BCUT2D eigenvalue weighted by Crippen LogP contribution is -2.35. The zero-order valence-electron chi connectivity index (χ0n) is 16.8. The van der Waals surface area contributed by atoms with Crippen molar-refractivity contribution in [2.24, 2.45) is 11.8 Å². The molecule has 11 heteroatoms. The molecule has 1 aromatic heterocycles. The van der Waals surface area contributed by atoms with Gasteiger partial charge >= 0.3 is 12.1 Å². The molecule has 0 saturated heterocycles. The minimum atomic E-state index is -5.08. The first-order valence-electron chi connectivity index (χ1n) is 9.64. The number of amides is 2. The van der Waals surface area contributed by atoms with E-state index in [1.54, 1.807) is 17.9 Å². The minimum Gasteiger partial charge on any atom is -0.475 e. The second-order valence-electron chi connectivity index (χ2n) is 7.14. The normalized spacial score (nSPS) is 17.6. The highest BCUT2D eigenvalue weighted by Gasteiger charge is 2.38. The lowest BCUT2D eigenvalue weighted by molar-refractivity contribution is -0.192. The molecule has 1 aliphatic carbocycles. The first kappa shape index (κ1) is 24.8. The van der Waals surface area contributed by atoms with Crippen LogP contribution in [-0.4, -0.2) is 39.3 Å². The summed E-state index contributed by atoms with van der Waals surface area (Å²) in [6.07, 6.45) is 1.34. The van der Waals surface area contributed by atoms with Crippen molar-refractivity contribution in [3.05, 3.63) is 59.9 Å². The van der Waals surface area contributed by atoms with Crippen molar-refractivity contribution in [3.8, 4) is 0 Å². The van der Waals surface area contributed by atoms with Crippen LogP contribution in [0.3, 0.4) is 0 Å². The van der Waals surface area contributed by atoms with Crippen molar-refractivity contribution in [1.82, 2.24) is 10.5 Å². The fourth-order valence-electron chi connectivity index (χ4n) is 3.35. The van der Waals surface area contributed by atoms with E-state index in [1.807, 2.05) is 36.4 Å². The van der Waals surface area contributed by atoms with E-state index in [-0.39, 0.29) is 5.91 Å². The third-order valence-electron chi connectivity index (χ3n) is 4.92. The number of hydrogen-bond acceptors (Lipinski definition) is 5. The molecule has 32 heavy (non-hydrogen) atoms. The second-order valence-corrected chi connectivity index (χ2v) is 7.14. The zero-order chi connectivity index (χ0) is 23.7. The monoisotopic (exact) mass is 453 g/mol. The lowest BCUT2D eigenvalue weighted by atomic mass is 9.94. The SMILES string of the molecule is O=C(NO)[C@@H]1CCC[C@H]1C(=O)Nc1ccc(Cc2ccncc2)cc1.O=C(O)C(F)(F)F. The molecular formula is C21H22F3N3O5. The Bertz CT molecular complexity index is 921. The summed E-state index contributed by atoms with van der Waals surface area (Å²) < 4.78 is 31.7. The van der Waals surface area contributed by atoms with Crippen LogP contribution in [0.2, 0.25) is 0 Å². The topological polar surface area (TPSA) is 129 Å².